The average molecular weight is 319 g/mol. The zero-order chi connectivity index (χ0) is 15.4. The summed E-state index contributed by atoms with van der Waals surface area (Å²) in [6.07, 6.45) is 8.96. The first-order chi connectivity index (χ1) is 10.7. The predicted molar refractivity (Wildman–Crippen MR) is 88.1 cm³/mol. The monoisotopic (exact) mass is 319 g/mol. The summed E-state index contributed by atoms with van der Waals surface area (Å²) >= 11 is 1.46. The molecule has 1 fully saturated rings. The molecule has 0 aliphatic heterocycles. The number of rotatable bonds is 4. The smallest absolute Gasteiger partial charge is 0.262 e. The lowest BCUT2D eigenvalue weighted by molar-refractivity contribution is -0.122. The van der Waals surface area contributed by atoms with Crippen LogP contribution in [0.5, 0.6) is 0 Å². The number of carbonyl (C=O) groups is 1. The highest BCUT2D eigenvalue weighted by Gasteiger charge is 2.15. The fourth-order valence-corrected chi connectivity index (χ4v) is 3.72. The fourth-order valence-electron chi connectivity index (χ4n) is 3.00. The molecular weight excluding hydrogens is 298 g/mol. The van der Waals surface area contributed by atoms with Crippen LogP contribution >= 0.6 is 11.3 Å². The number of hydrogen-bond donors (Lipinski definition) is 1. The lowest BCUT2D eigenvalue weighted by Crippen LogP contribution is -2.35. The molecule has 2 aromatic heterocycles. The Morgan fingerprint density at radius 1 is 1.32 bits per heavy atom. The lowest BCUT2D eigenvalue weighted by Gasteiger charge is -2.16. The molecular formula is C16H21N3O2S. The molecule has 0 radical (unpaired) electrons. The second-order valence-electron chi connectivity index (χ2n) is 5.89. The van der Waals surface area contributed by atoms with E-state index >= 15 is 0 Å². The summed E-state index contributed by atoms with van der Waals surface area (Å²) in [5.74, 6) is 0.0317. The van der Waals surface area contributed by atoms with Crippen molar-refractivity contribution >= 4 is 27.5 Å². The Balaban J connectivity index is 1.57. The highest BCUT2D eigenvalue weighted by Crippen LogP contribution is 2.17. The van der Waals surface area contributed by atoms with Crippen LogP contribution in [0.15, 0.2) is 22.6 Å². The zero-order valence-corrected chi connectivity index (χ0v) is 13.4. The van der Waals surface area contributed by atoms with Crippen LogP contribution in [-0.4, -0.2) is 21.5 Å². The van der Waals surface area contributed by atoms with Crippen molar-refractivity contribution in [1.82, 2.24) is 14.9 Å². The predicted octanol–water partition coefficient (Wildman–Crippen LogP) is 2.69. The molecule has 0 saturated heterocycles. The molecule has 0 atom stereocenters. The van der Waals surface area contributed by atoms with Gasteiger partial charge in [-0.15, -0.1) is 11.3 Å². The van der Waals surface area contributed by atoms with E-state index in [1.54, 1.807) is 12.4 Å². The van der Waals surface area contributed by atoms with E-state index in [2.05, 4.69) is 10.3 Å². The molecule has 1 amide bonds. The SMILES string of the molecule is O=C(CCn1cnc2sccc2c1=O)NC1CCCCCC1. The van der Waals surface area contributed by atoms with Crippen LogP contribution in [0.2, 0.25) is 0 Å². The summed E-state index contributed by atoms with van der Waals surface area (Å²) in [5.41, 5.74) is -0.0616. The average Bonchev–Trinajstić information content (AvgIpc) is 2.85. The van der Waals surface area contributed by atoms with Gasteiger partial charge in [-0.1, -0.05) is 25.7 Å². The molecule has 5 nitrogen and oxygen atoms in total. The molecule has 2 heterocycles. The Morgan fingerprint density at radius 3 is 2.86 bits per heavy atom. The minimum Gasteiger partial charge on any atom is -0.353 e. The van der Waals surface area contributed by atoms with Gasteiger partial charge in [0.1, 0.15) is 4.83 Å². The molecule has 22 heavy (non-hydrogen) atoms. The third kappa shape index (κ3) is 3.55. The molecule has 0 spiro atoms. The van der Waals surface area contributed by atoms with E-state index in [0.29, 0.717) is 24.4 Å². The Kier molecular flexibility index (Phi) is 4.87. The number of amides is 1. The number of hydrogen-bond acceptors (Lipinski definition) is 4. The van der Waals surface area contributed by atoms with E-state index in [1.807, 2.05) is 5.38 Å². The van der Waals surface area contributed by atoms with Gasteiger partial charge in [-0.2, -0.15) is 0 Å². The molecule has 1 saturated carbocycles. The van der Waals surface area contributed by atoms with Gasteiger partial charge < -0.3 is 5.32 Å². The molecule has 6 heteroatoms. The van der Waals surface area contributed by atoms with Crippen LogP contribution in [0.1, 0.15) is 44.9 Å². The lowest BCUT2D eigenvalue weighted by atomic mass is 10.1. The summed E-state index contributed by atoms with van der Waals surface area (Å²) in [7, 11) is 0. The maximum atomic E-state index is 12.2. The van der Waals surface area contributed by atoms with Crippen LogP contribution in [0, 0.1) is 0 Å². The first-order valence-corrected chi connectivity index (χ1v) is 8.84. The number of fused-ring (bicyclic) bond motifs is 1. The molecule has 118 valence electrons. The maximum absolute atomic E-state index is 12.2. The molecule has 2 aromatic rings. The van der Waals surface area contributed by atoms with Gasteiger partial charge in [0.25, 0.3) is 5.56 Å². The van der Waals surface area contributed by atoms with Crippen LogP contribution < -0.4 is 10.9 Å². The van der Waals surface area contributed by atoms with Crippen molar-refractivity contribution in [2.75, 3.05) is 0 Å². The quantitative estimate of drug-likeness (QED) is 0.881. The Hall–Kier alpha value is -1.69. The first kappa shape index (κ1) is 15.2. The normalized spacial score (nSPS) is 16.5. The number of nitrogens with one attached hydrogen (secondary N) is 1. The molecule has 1 aliphatic carbocycles. The van der Waals surface area contributed by atoms with Crippen LogP contribution in [0.25, 0.3) is 10.2 Å². The van der Waals surface area contributed by atoms with Gasteiger partial charge in [-0.3, -0.25) is 14.2 Å². The van der Waals surface area contributed by atoms with Gasteiger partial charge in [0.2, 0.25) is 5.91 Å². The summed E-state index contributed by atoms with van der Waals surface area (Å²) in [6.45, 7) is 0.385. The fraction of sp³-hybridized carbons (Fsp3) is 0.562. The van der Waals surface area contributed by atoms with Gasteiger partial charge in [0.15, 0.2) is 0 Å². The van der Waals surface area contributed by atoms with Crippen molar-refractivity contribution in [1.29, 1.82) is 0 Å². The molecule has 1 aliphatic rings. The maximum Gasteiger partial charge on any atom is 0.262 e. The Morgan fingerprint density at radius 2 is 2.09 bits per heavy atom. The summed E-state index contributed by atoms with van der Waals surface area (Å²) < 4.78 is 1.53. The van der Waals surface area contributed by atoms with E-state index in [0.717, 1.165) is 17.7 Å². The second-order valence-corrected chi connectivity index (χ2v) is 6.78. The standard InChI is InChI=1S/C16H21N3O2S/c20-14(18-12-5-3-1-2-4-6-12)7-9-19-11-17-15-13(16(19)21)8-10-22-15/h8,10-12H,1-7,9H2,(H,18,20). The minimum atomic E-state index is -0.0616. The minimum absolute atomic E-state index is 0.0317. The van der Waals surface area contributed by atoms with Crippen LogP contribution in [0.3, 0.4) is 0 Å². The van der Waals surface area contributed by atoms with E-state index in [-0.39, 0.29) is 11.5 Å². The molecule has 0 aromatic carbocycles. The zero-order valence-electron chi connectivity index (χ0n) is 12.6. The summed E-state index contributed by atoms with van der Waals surface area (Å²) in [5, 5.41) is 5.61. The van der Waals surface area contributed by atoms with E-state index in [1.165, 1.54) is 41.6 Å². The molecule has 0 unspecified atom stereocenters. The molecule has 3 rings (SSSR count). The summed E-state index contributed by atoms with van der Waals surface area (Å²) in [6, 6.07) is 2.10. The highest BCUT2D eigenvalue weighted by molar-refractivity contribution is 7.16. The molecule has 1 N–H and O–H groups in total. The van der Waals surface area contributed by atoms with Gasteiger partial charge in [-0.25, -0.2) is 4.98 Å². The van der Waals surface area contributed by atoms with Crippen molar-refractivity contribution in [3.05, 3.63) is 28.1 Å². The van der Waals surface area contributed by atoms with Gasteiger partial charge in [-0.05, 0) is 24.3 Å². The second kappa shape index (κ2) is 7.05. The Labute approximate surface area is 133 Å². The topological polar surface area (TPSA) is 64.0 Å². The van der Waals surface area contributed by atoms with Crippen molar-refractivity contribution in [2.45, 2.75) is 57.5 Å². The third-order valence-corrected chi connectivity index (χ3v) is 5.07. The Bertz CT molecular complexity index is 699. The third-order valence-electron chi connectivity index (χ3n) is 4.25. The van der Waals surface area contributed by atoms with Crippen molar-refractivity contribution in [3.8, 4) is 0 Å². The largest absolute Gasteiger partial charge is 0.353 e. The van der Waals surface area contributed by atoms with Gasteiger partial charge in [0.05, 0.1) is 11.7 Å². The van der Waals surface area contributed by atoms with E-state index < -0.39 is 0 Å². The summed E-state index contributed by atoms with van der Waals surface area (Å²) in [4.78, 5) is 29.3. The number of thiophene rings is 1. The number of carbonyl (C=O) groups excluding carboxylic acids is 1. The van der Waals surface area contributed by atoms with E-state index in [4.69, 9.17) is 0 Å². The van der Waals surface area contributed by atoms with Gasteiger partial charge >= 0.3 is 0 Å². The highest BCUT2D eigenvalue weighted by atomic mass is 32.1. The van der Waals surface area contributed by atoms with Gasteiger partial charge in [0, 0.05) is 19.0 Å². The van der Waals surface area contributed by atoms with Crippen molar-refractivity contribution in [3.63, 3.8) is 0 Å². The first-order valence-electron chi connectivity index (χ1n) is 7.96. The number of aryl methyl sites for hydroxylation is 1. The van der Waals surface area contributed by atoms with Crippen LogP contribution in [-0.2, 0) is 11.3 Å². The van der Waals surface area contributed by atoms with Crippen molar-refractivity contribution < 1.29 is 4.79 Å². The molecule has 0 bridgehead atoms. The van der Waals surface area contributed by atoms with Crippen molar-refractivity contribution in [2.24, 2.45) is 0 Å². The number of nitrogens with zero attached hydrogens (tertiary/aromatic N) is 2. The number of aromatic nitrogens is 2. The van der Waals surface area contributed by atoms with E-state index in [9.17, 15) is 9.59 Å². The van der Waals surface area contributed by atoms with Crippen LogP contribution in [0.4, 0.5) is 0 Å².